The largest absolute Gasteiger partial charge is 0.460 e. The molecule has 8 heteroatoms. The highest BCUT2D eigenvalue weighted by atomic mass is 16.6. The van der Waals surface area contributed by atoms with Crippen LogP contribution in [0.2, 0.25) is 0 Å². The zero-order chi connectivity index (χ0) is 23.2. The Morgan fingerprint density at radius 3 is 2.39 bits per heavy atom. The number of nitrogens with one attached hydrogen (secondary N) is 1. The molecule has 2 aromatic rings. The summed E-state index contributed by atoms with van der Waals surface area (Å²) in [6, 6.07) is 17.6. The fourth-order valence-corrected chi connectivity index (χ4v) is 4.18. The summed E-state index contributed by atoms with van der Waals surface area (Å²) in [5.74, 6) is -0.696. The molecule has 0 aromatic heterocycles. The number of amides is 2. The quantitative estimate of drug-likeness (QED) is 0.680. The molecule has 0 radical (unpaired) electrons. The molecule has 2 atom stereocenters. The molecule has 1 unspecified atom stereocenters. The highest BCUT2D eigenvalue weighted by molar-refractivity contribution is 5.80. The molecule has 174 valence electrons. The maximum absolute atomic E-state index is 12.4. The van der Waals surface area contributed by atoms with Crippen LogP contribution in [0.1, 0.15) is 30.4 Å². The number of esters is 1. The summed E-state index contributed by atoms with van der Waals surface area (Å²) in [4.78, 5) is 39.7. The van der Waals surface area contributed by atoms with Crippen molar-refractivity contribution in [1.82, 2.24) is 10.2 Å². The average molecular weight is 452 g/mol. The van der Waals surface area contributed by atoms with Gasteiger partial charge in [-0.15, -0.1) is 0 Å². The Bertz CT molecular complexity index is 971. The van der Waals surface area contributed by atoms with Gasteiger partial charge in [0.2, 0.25) is 5.91 Å². The molecule has 0 bridgehead atoms. The smallest absolute Gasteiger partial charge is 0.410 e. The van der Waals surface area contributed by atoms with Crippen LogP contribution < -0.4 is 10.2 Å². The van der Waals surface area contributed by atoms with Gasteiger partial charge < -0.3 is 24.6 Å². The highest BCUT2D eigenvalue weighted by Crippen LogP contribution is 2.32. The molecule has 2 saturated heterocycles. The normalized spacial score (nSPS) is 20.3. The molecule has 33 heavy (non-hydrogen) atoms. The Labute approximate surface area is 193 Å². The lowest BCUT2D eigenvalue weighted by molar-refractivity contribution is -0.142. The highest BCUT2D eigenvalue weighted by Gasteiger charge is 2.35. The molecule has 2 amide bonds. The van der Waals surface area contributed by atoms with Gasteiger partial charge in [0, 0.05) is 45.2 Å². The predicted molar refractivity (Wildman–Crippen MR) is 123 cm³/mol. The lowest BCUT2D eigenvalue weighted by Crippen LogP contribution is -2.48. The molecule has 0 aliphatic carbocycles. The lowest BCUT2D eigenvalue weighted by atomic mass is 9.95. The van der Waals surface area contributed by atoms with Crippen LogP contribution in [-0.4, -0.2) is 61.7 Å². The summed E-state index contributed by atoms with van der Waals surface area (Å²) in [5.41, 5.74) is 2.94. The summed E-state index contributed by atoms with van der Waals surface area (Å²) in [6.45, 7) is 4.67. The Morgan fingerprint density at radius 2 is 1.73 bits per heavy atom. The number of anilines is 1. The Balaban J connectivity index is 1.26. The number of benzene rings is 2. The summed E-state index contributed by atoms with van der Waals surface area (Å²) in [6.07, 6.45) is -0.0226. The van der Waals surface area contributed by atoms with E-state index in [1.54, 1.807) is 4.90 Å². The van der Waals surface area contributed by atoms with Gasteiger partial charge in [-0.2, -0.15) is 0 Å². The van der Waals surface area contributed by atoms with Gasteiger partial charge >= 0.3 is 12.1 Å². The van der Waals surface area contributed by atoms with Crippen molar-refractivity contribution in [2.24, 2.45) is 0 Å². The molecule has 8 nitrogen and oxygen atoms in total. The van der Waals surface area contributed by atoms with Gasteiger partial charge in [-0.1, -0.05) is 42.5 Å². The van der Waals surface area contributed by atoms with Gasteiger partial charge in [0.15, 0.2) is 0 Å². The van der Waals surface area contributed by atoms with Crippen molar-refractivity contribution >= 4 is 23.7 Å². The van der Waals surface area contributed by atoms with Crippen molar-refractivity contribution in [2.45, 2.75) is 32.0 Å². The average Bonchev–Trinajstić information content (AvgIpc) is 3.22. The number of carbonyl (C=O) groups is 3. The van der Waals surface area contributed by atoms with E-state index in [0.717, 1.165) is 16.8 Å². The van der Waals surface area contributed by atoms with E-state index >= 15 is 0 Å². The zero-order valence-corrected chi connectivity index (χ0v) is 18.7. The molecular formula is C25H29N3O5. The molecule has 0 saturated carbocycles. The summed E-state index contributed by atoms with van der Waals surface area (Å²) in [7, 11) is 0. The minimum absolute atomic E-state index is 0.136. The topological polar surface area (TPSA) is 88.2 Å². The number of hydrogen-bond acceptors (Lipinski definition) is 6. The van der Waals surface area contributed by atoms with Crippen molar-refractivity contribution in [3.63, 3.8) is 0 Å². The van der Waals surface area contributed by atoms with Crippen molar-refractivity contribution in [2.75, 3.05) is 37.6 Å². The van der Waals surface area contributed by atoms with Gasteiger partial charge in [-0.3, -0.25) is 9.59 Å². The molecule has 0 spiro atoms. The van der Waals surface area contributed by atoms with Crippen molar-refractivity contribution < 1.29 is 23.9 Å². The third-order valence-corrected chi connectivity index (χ3v) is 6.05. The number of ether oxygens (including phenoxy) is 2. The van der Waals surface area contributed by atoms with Crippen molar-refractivity contribution in [1.29, 1.82) is 0 Å². The number of rotatable bonds is 6. The van der Waals surface area contributed by atoms with Crippen molar-refractivity contribution in [3.05, 3.63) is 65.7 Å². The summed E-state index contributed by atoms with van der Waals surface area (Å²) in [5, 5.41) is 2.70. The SMILES string of the molecule is CC(=O)NC[C@H]1CC(c2ccc(N3CCN(C(=O)OCc4ccccc4)CC3)cc2)C(=O)O1. The standard InChI is InChI=1S/C25H29N3O5/c1-18(29)26-16-22-15-23(24(30)33-22)20-7-9-21(10-8-20)27-11-13-28(14-12-27)25(31)32-17-19-5-3-2-4-6-19/h2-10,22-23H,11-17H2,1H3,(H,26,29)/t22-,23?/m1/s1. The maximum Gasteiger partial charge on any atom is 0.410 e. The lowest BCUT2D eigenvalue weighted by Gasteiger charge is -2.35. The molecule has 2 heterocycles. The first-order valence-electron chi connectivity index (χ1n) is 11.2. The van der Waals surface area contributed by atoms with Crippen LogP contribution in [0.15, 0.2) is 54.6 Å². The molecular weight excluding hydrogens is 422 g/mol. The second-order valence-corrected chi connectivity index (χ2v) is 8.39. The van der Waals surface area contributed by atoms with Gasteiger partial charge in [0.25, 0.3) is 0 Å². The monoisotopic (exact) mass is 451 g/mol. The Kier molecular flexibility index (Phi) is 7.12. The first-order chi connectivity index (χ1) is 16.0. The van der Waals surface area contributed by atoms with Crippen molar-refractivity contribution in [3.8, 4) is 0 Å². The number of carbonyl (C=O) groups excluding carboxylic acids is 3. The van der Waals surface area contributed by atoms with Crippen LogP contribution in [0.3, 0.4) is 0 Å². The molecule has 2 fully saturated rings. The van der Waals surface area contributed by atoms with Crippen LogP contribution in [0.5, 0.6) is 0 Å². The fraction of sp³-hybridized carbons (Fsp3) is 0.400. The van der Waals surface area contributed by atoms with E-state index in [4.69, 9.17) is 9.47 Å². The van der Waals surface area contributed by atoms with E-state index in [0.29, 0.717) is 39.1 Å². The first-order valence-corrected chi connectivity index (χ1v) is 11.2. The fourth-order valence-electron chi connectivity index (χ4n) is 4.18. The second kappa shape index (κ2) is 10.4. The molecule has 1 N–H and O–H groups in total. The third-order valence-electron chi connectivity index (χ3n) is 6.05. The summed E-state index contributed by atoms with van der Waals surface area (Å²) >= 11 is 0. The number of piperazine rings is 1. The van der Waals surface area contributed by atoms with Gasteiger partial charge in [0.1, 0.15) is 12.7 Å². The first kappa shape index (κ1) is 22.6. The van der Waals surface area contributed by atoms with Gasteiger partial charge in [-0.05, 0) is 23.3 Å². The molecule has 2 aliphatic rings. The summed E-state index contributed by atoms with van der Waals surface area (Å²) < 4.78 is 10.8. The van der Waals surface area contributed by atoms with Crippen LogP contribution in [0.4, 0.5) is 10.5 Å². The minimum atomic E-state index is -0.311. The zero-order valence-electron chi connectivity index (χ0n) is 18.7. The van der Waals surface area contributed by atoms with E-state index in [1.807, 2.05) is 54.6 Å². The van der Waals surface area contributed by atoms with Gasteiger partial charge in [0.05, 0.1) is 12.5 Å². The van der Waals surface area contributed by atoms with E-state index < -0.39 is 0 Å². The maximum atomic E-state index is 12.4. The number of cyclic esters (lactones) is 1. The van der Waals surface area contributed by atoms with Crippen LogP contribution in [0.25, 0.3) is 0 Å². The van der Waals surface area contributed by atoms with Crippen LogP contribution in [-0.2, 0) is 25.7 Å². The number of nitrogens with zero attached hydrogens (tertiary/aromatic N) is 2. The third kappa shape index (κ3) is 5.83. The van der Waals surface area contributed by atoms with Crippen LogP contribution in [0, 0.1) is 0 Å². The van der Waals surface area contributed by atoms with Gasteiger partial charge in [-0.25, -0.2) is 4.79 Å². The number of hydrogen-bond donors (Lipinski definition) is 1. The van der Waals surface area contributed by atoms with E-state index in [2.05, 4.69) is 10.2 Å². The molecule has 2 aromatic carbocycles. The van der Waals surface area contributed by atoms with Crippen LogP contribution >= 0.6 is 0 Å². The van der Waals surface area contributed by atoms with E-state index in [-0.39, 0.29) is 36.6 Å². The molecule has 2 aliphatic heterocycles. The minimum Gasteiger partial charge on any atom is -0.460 e. The van der Waals surface area contributed by atoms with E-state index in [1.165, 1.54) is 6.92 Å². The predicted octanol–water partition coefficient (Wildman–Crippen LogP) is 2.68. The second-order valence-electron chi connectivity index (χ2n) is 8.39. The Hall–Kier alpha value is -3.55. The Morgan fingerprint density at radius 1 is 1.03 bits per heavy atom. The van der Waals surface area contributed by atoms with E-state index in [9.17, 15) is 14.4 Å². The molecule has 4 rings (SSSR count).